The number of carboxylic acids is 2. The molecule has 0 aromatic heterocycles. The Kier molecular flexibility index (Phi) is 4.82. The van der Waals surface area contributed by atoms with E-state index < -0.39 is 24.0 Å². The Morgan fingerprint density at radius 3 is 1.72 bits per heavy atom. The van der Waals surface area contributed by atoms with Crippen LogP contribution in [0.3, 0.4) is 0 Å². The molecule has 1 rings (SSSR count). The molecule has 1 aromatic carbocycles. The third-order valence-corrected chi connectivity index (χ3v) is 2.62. The van der Waals surface area contributed by atoms with E-state index in [0.29, 0.717) is 0 Å². The molecule has 0 unspecified atom stereocenters. The Labute approximate surface area is 104 Å². The quantitative estimate of drug-likeness (QED) is 0.527. The lowest BCUT2D eigenvalue weighted by atomic mass is 10.0. The van der Waals surface area contributed by atoms with Gasteiger partial charge in [0.25, 0.3) is 0 Å². The standard InChI is InChI=1S/C12H16N2O4/c13-9(11(15)16)5-7-2-1-3-8(4-7)6-10(14)12(17)18/h1-4,9-10H,5-6,13-14H2,(H,15,16)(H,17,18)/t9-,10+. The molecule has 0 aliphatic carbocycles. The lowest BCUT2D eigenvalue weighted by Crippen LogP contribution is -2.69. The average Bonchev–Trinajstić information content (AvgIpc) is 2.29. The van der Waals surface area contributed by atoms with Crippen molar-refractivity contribution >= 4 is 11.9 Å². The number of carbonyl (C=O) groups excluding carboxylic acids is 2. The van der Waals surface area contributed by atoms with Crippen molar-refractivity contribution in [2.75, 3.05) is 0 Å². The molecule has 0 aliphatic rings. The molecule has 0 heterocycles. The van der Waals surface area contributed by atoms with E-state index in [1.54, 1.807) is 24.3 Å². The highest BCUT2D eigenvalue weighted by molar-refractivity contribution is 5.70. The SMILES string of the molecule is [NH3+][C@H](Cc1cccc(C[C@H]([NH3+])C(=O)[O-])c1)C(=O)[O-]. The minimum absolute atomic E-state index is 0.253. The summed E-state index contributed by atoms with van der Waals surface area (Å²) >= 11 is 0. The van der Waals surface area contributed by atoms with E-state index in [-0.39, 0.29) is 12.8 Å². The van der Waals surface area contributed by atoms with Crippen molar-refractivity contribution in [1.82, 2.24) is 0 Å². The zero-order valence-electron chi connectivity index (χ0n) is 9.93. The average molecular weight is 252 g/mol. The Balaban J connectivity index is 2.73. The van der Waals surface area contributed by atoms with Gasteiger partial charge in [-0.1, -0.05) is 24.3 Å². The minimum Gasteiger partial charge on any atom is -0.544 e. The minimum atomic E-state index is -1.20. The molecule has 0 bridgehead atoms. The summed E-state index contributed by atoms with van der Waals surface area (Å²) in [4.78, 5) is 21.2. The third kappa shape index (κ3) is 4.15. The van der Waals surface area contributed by atoms with E-state index >= 15 is 0 Å². The number of benzene rings is 1. The topological polar surface area (TPSA) is 136 Å². The first-order chi connectivity index (χ1) is 8.40. The normalized spacial score (nSPS) is 13.9. The van der Waals surface area contributed by atoms with Crippen molar-refractivity contribution in [2.45, 2.75) is 24.9 Å². The molecule has 98 valence electrons. The Hall–Kier alpha value is -1.92. The number of rotatable bonds is 6. The number of quaternary nitrogens is 2. The van der Waals surface area contributed by atoms with Crippen LogP contribution in [0.4, 0.5) is 0 Å². The van der Waals surface area contributed by atoms with Gasteiger partial charge < -0.3 is 31.3 Å². The van der Waals surface area contributed by atoms with E-state index in [9.17, 15) is 19.8 Å². The van der Waals surface area contributed by atoms with Crippen LogP contribution >= 0.6 is 0 Å². The molecule has 0 radical (unpaired) electrons. The van der Waals surface area contributed by atoms with Crippen molar-refractivity contribution in [3.05, 3.63) is 35.4 Å². The van der Waals surface area contributed by atoms with Crippen LogP contribution in [0.1, 0.15) is 11.1 Å². The highest BCUT2D eigenvalue weighted by Gasteiger charge is 2.11. The summed E-state index contributed by atoms with van der Waals surface area (Å²) in [6, 6.07) is 5.38. The van der Waals surface area contributed by atoms with Gasteiger partial charge in [0.1, 0.15) is 12.1 Å². The van der Waals surface area contributed by atoms with Gasteiger partial charge in [-0.25, -0.2) is 0 Å². The fraction of sp³-hybridized carbons (Fsp3) is 0.333. The van der Waals surface area contributed by atoms with Gasteiger partial charge in [-0.05, 0) is 11.1 Å². The van der Waals surface area contributed by atoms with Crippen molar-refractivity contribution < 1.29 is 31.3 Å². The number of hydrogen-bond donors (Lipinski definition) is 2. The van der Waals surface area contributed by atoms with Gasteiger partial charge in [-0.15, -0.1) is 0 Å². The summed E-state index contributed by atoms with van der Waals surface area (Å²) in [6.45, 7) is 0. The first-order valence-corrected chi connectivity index (χ1v) is 5.56. The van der Waals surface area contributed by atoms with Gasteiger partial charge >= 0.3 is 0 Å². The molecular weight excluding hydrogens is 236 g/mol. The molecule has 2 atom stereocenters. The zero-order chi connectivity index (χ0) is 13.7. The second kappa shape index (κ2) is 6.13. The largest absolute Gasteiger partial charge is 0.544 e. The van der Waals surface area contributed by atoms with Crippen LogP contribution in [0.5, 0.6) is 0 Å². The van der Waals surface area contributed by atoms with Crippen LogP contribution in [0.15, 0.2) is 24.3 Å². The van der Waals surface area contributed by atoms with Crippen molar-refractivity contribution in [3.63, 3.8) is 0 Å². The van der Waals surface area contributed by atoms with Crippen LogP contribution in [-0.4, -0.2) is 24.0 Å². The lowest BCUT2D eigenvalue weighted by molar-refractivity contribution is -0.437. The van der Waals surface area contributed by atoms with Gasteiger partial charge in [0, 0.05) is 12.8 Å². The van der Waals surface area contributed by atoms with Gasteiger partial charge in [0.05, 0.1) is 11.9 Å². The maximum Gasteiger partial charge on any atom is 0.129 e. The molecule has 18 heavy (non-hydrogen) atoms. The number of carboxylic acid groups (broad SMARTS) is 2. The molecule has 1 aromatic rings. The first-order valence-electron chi connectivity index (χ1n) is 5.56. The molecule has 0 aliphatic heterocycles. The summed E-state index contributed by atoms with van der Waals surface area (Å²) < 4.78 is 0. The summed E-state index contributed by atoms with van der Waals surface area (Å²) in [5.74, 6) is -2.41. The number of aliphatic carboxylic acids is 2. The number of hydrogen-bond acceptors (Lipinski definition) is 4. The van der Waals surface area contributed by atoms with E-state index in [1.807, 2.05) is 0 Å². The maximum atomic E-state index is 10.6. The van der Waals surface area contributed by atoms with Crippen LogP contribution in [0, 0.1) is 0 Å². The highest BCUT2D eigenvalue weighted by Crippen LogP contribution is 2.08. The first kappa shape index (κ1) is 14.1. The van der Waals surface area contributed by atoms with Crippen molar-refractivity contribution in [2.24, 2.45) is 0 Å². The van der Waals surface area contributed by atoms with E-state index in [4.69, 9.17) is 0 Å². The molecule has 6 heteroatoms. The van der Waals surface area contributed by atoms with Crippen LogP contribution in [0.2, 0.25) is 0 Å². The van der Waals surface area contributed by atoms with E-state index in [1.165, 1.54) is 0 Å². The second-order valence-corrected chi connectivity index (χ2v) is 4.26. The molecule has 0 fully saturated rings. The predicted molar refractivity (Wildman–Crippen MR) is 57.2 cm³/mol. The molecule has 0 spiro atoms. The number of carbonyl (C=O) groups is 2. The van der Waals surface area contributed by atoms with Crippen LogP contribution in [-0.2, 0) is 22.4 Å². The molecule has 0 saturated carbocycles. The van der Waals surface area contributed by atoms with Crippen molar-refractivity contribution in [3.8, 4) is 0 Å². The van der Waals surface area contributed by atoms with Gasteiger partial charge in [0.2, 0.25) is 0 Å². The molecule has 0 saturated heterocycles. The molecular formula is C12H16N2O4. The summed E-state index contributed by atoms with van der Waals surface area (Å²) in [5, 5.41) is 21.2. The Bertz CT molecular complexity index is 410. The lowest BCUT2D eigenvalue weighted by Gasteiger charge is -2.12. The Morgan fingerprint density at radius 1 is 1.00 bits per heavy atom. The maximum absolute atomic E-state index is 10.6. The predicted octanol–water partition coefficient (Wildman–Crippen LogP) is -4.51. The van der Waals surface area contributed by atoms with Crippen molar-refractivity contribution in [1.29, 1.82) is 0 Å². The smallest absolute Gasteiger partial charge is 0.129 e. The third-order valence-electron chi connectivity index (χ3n) is 2.62. The molecule has 6 nitrogen and oxygen atoms in total. The Morgan fingerprint density at radius 2 is 1.39 bits per heavy atom. The van der Waals surface area contributed by atoms with Gasteiger partial charge in [0.15, 0.2) is 0 Å². The van der Waals surface area contributed by atoms with Gasteiger partial charge in [-0.2, -0.15) is 0 Å². The van der Waals surface area contributed by atoms with Gasteiger partial charge in [-0.3, -0.25) is 0 Å². The van der Waals surface area contributed by atoms with Crippen LogP contribution < -0.4 is 21.7 Å². The van der Waals surface area contributed by atoms with Crippen LogP contribution in [0.25, 0.3) is 0 Å². The summed E-state index contributed by atoms with van der Waals surface area (Å²) in [7, 11) is 0. The van der Waals surface area contributed by atoms with E-state index in [2.05, 4.69) is 11.5 Å². The zero-order valence-corrected chi connectivity index (χ0v) is 9.93. The monoisotopic (exact) mass is 252 g/mol. The summed E-state index contributed by atoms with van der Waals surface area (Å²) in [5.41, 5.74) is 8.51. The summed E-state index contributed by atoms with van der Waals surface area (Å²) in [6.07, 6.45) is 0.507. The fourth-order valence-corrected chi connectivity index (χ4v) is 1.62. The fourth-order valence-electron chi connectivity index (χ4n) is 1.62. The second-order valence-electron chi connectivity index (χ2n) is 4.26. The molecule has 6 N–H and O–H groups in total. The highest BCUT2D eigenvalue weighted by atomic mass is 16.4. The van der Waals surface area contributed by atoms with E-state index in [0.717, 1.165) is 11.1 Å². The molecule has 0 amide bonds.